The Bertz CT molecular complexity index is 231. The number of ether oxygens (including phenoxy) is 1. The molecule has 1 saturated heterocycles. The molecular formula is C16H32N2O. The van der Waals surface area contributed by atoms with E-state index in [1.54, 1.807) is 0 Å². The van der Waals surface area contributed by atoms with Crippen LogP contribution in [0.5, 0.6) is 0 Å². The van der Waals surface area contributed by atoms with Gasteiger partial charge >= 0.3 is 0 Å². The summed E-state index contributed by atoms with van der Waals surface area (Å²) in [5.74, 6) is 1.93. The van der Waals surface area contributed by atoms with Crippen molar-refractivity contribution >= 4 is 0 Å². The maximum Gasteiger partial charge on any atom is 0.0599 e. The average Bonchev–Trinajstić information content (AvgIpc) is 2.44. The van der Waals surface area contributed by atoms with E-state index in [9.17, 15) is 0 Å². The van der Waals surface area contributed by atoms with E-state index in [0.717, 1.165) is 31.4 Å². The highest BCUT2D eigenvalue weighted by atomic mass is 16.5. The van der Waals surface area contributed by atoms with Crippen molar-refractivity contribution in [3.63, 3.8) is 0 Å². The molecule has 0 aromatic carbocycles. The van der Waals surface area contributed by atoms with Gasteiger partial charge in [-0.1, -0.05) is 19.8 Å². The molecule has 0 radical (unpaired) electrons. The summed E-state index contributed by atoms with van der Waals surface area (Å²) in [6.07, 6.45) is 9.73. The van der Waals surface area contributed by atoms with E-state index in [1.165, 1.54) is 58.2 Å². The normalized spacial score (nSPS) is 30.6. The maximum atomic E-state index is 5.87. The van der Waals surface area contributed by atoms with Gasteiger partial charge < -0.3 is 15.4 Å². The summed E-state index contributed by atoms with van der Waals surface area (Å²) in [6.45, 7) is 7.81. The van der Waals surface area contributed by atoms with Gasteiger partial charge in [-0.3, -0.25) is 0 Å². The van der Waals surface area contributed by atoms with Gasteiger partial charge in [0.2, 0.25) is 0 Å². The van der Waals surface area contributed by atoms with Gasteiger partial charge in [-0.25, -0.2) is 0 Å². The minimum Gasteiger partial charge on any atom is -0.378 e. The first-order valence-electron chi connectivity index (χ1n) is 8.32. The number of nitrogens with zero attached hydrogens (tertiary/aromatic N) is 1. The third-order valence-electron chi connectivity index (χ3n) is 4.89. The molecule has 0 bridgehead atoms. The van der Waals surface area contributed by atoms with Crippen molar-refractivity contribution in [3.8, 4) is 0 Å². The number of hydrogen-bond donors (Lipinski definition) is 1. The predicted molar refractivity (Wildman–Crippen MR) is 80.2 cm³/mol. The summed E-state index contributed by atoms with van der Waals surface area (Å²) in [5, 5.41) is 0. The molecule has 3 nitrogen and oxygen atoms in total. The molecule has 2 aliphatic rings. The predicted octanol–water partition coefficient (Wildman–Crippen LogP) is 2.64. The van der Waals surface area contributed by atoms with Crippen LogP contribution < -0.4 is 5.73 Å². The first-order chi connectivity index (χ1) is 9.28. The third-order valence-corrected chi connectivity index (χ3v) is 4.89. The Kier molecular flexibility index (Phi) is 6.62. The minimum absolute atomic E-state index is 0.495. The molecule has 1 aliphatic heterocycles. The molecule has 3 heteroatoms. The van der Waals surface area contributed by atoms with Crippen molar-refractivity contribution < 1.29 is 4.74 Å². The summed E-state index contributed by atoms with van der Waals surface area (Å²) in [4.78, 5) is 2.67. The van der Waals surface area contributed by atoms with Crippen LogP contribution in [0.2, 0.25) is 0 Å². The zero-order valence-electron chi connectivity index (χ0n) is 12.7. The van der Waals surface area contributed by atoms with Crippen molar-refractivity contribution in [2.75, 3.05) is 32.8 Å². The molecule has 1 aliphatic carbocycles. The van der Waals surface area contributed by atoms with Gasteiger partial charge in [-0.05, 0) is 50.5 Å². The SMILES string of the molecule is CC1CCC(CN2CCC(OCCCN)CC2)CC1. The van der Waals surface area contributed by atoms with Crippen molar-refractivity contribution in [3.05, 3.63) is 0 Å². The molecule has 0 amide bonds. The summed E-state index contributed by atoms with van der Waals surface area (Å²) < 4.78 is 5.87. The van der Waals surface area contributed by atoms with Crippen LogP contribution in [-0.4, -0.2) is 43.8 Å². The number of nitrogens with two attached hydrogens (primary N) is 1. The lowest BCUT2D eigenvalue weighted by molar-refractivity contribution is 0.00283. The Balaban J connectivity index is 1.58. The van der Waals surface area contributed by atoms with Crippen LogP contribution in [-0.2, 0) is 4.74 Å². The summed E-state index contributed by atoms with van der Waals surface area (Å²) >= 11 is 0. The summed E-state index contributed by atoms with van der Waals surface area (Å²) in [7, 11) is 0. The Morgan fingerprint density at radius 1 is 1.05 bits per heavy atom. The Morgan fingerprint density at radius 3 is 2.37 bits per heavy atom. The first-order valence-corrected chi connectivity index (χ1v) is 8.32. The Hall–Kier alpha value is -0.120. The highest BCUT2D eigenvalue weighted by Crippen LogP contribution is 2.29. The van der Waals surface area contributed by atoms with Crippen LogP contribution in [0, 0.1) is 11.8 Å². The molecule has 0 atom stereocenters. The van der Waals surface area contributed by atoms with Crippen LogP contribution in [0.3, 0.4) is 0 Å². The highest BCUT2D eigenvalue weighted by Gasteiger charge is 2.24. The number of rotatable bonds is 6. The minimum atomic E-state index is 0.495. The number of piperidine rings is 1. The van der Waals surface area contributed by atoms with Gasteiger partial charge in [0.15, 0.2) is 0 Å². The van der Waals surface area contributed by atoms with Crippen molar-refractivity contribution in [1.82, 2.24) is 4.90 Å². The van der Waals surface area contributed by atoms with Crippen molar-refractivity contribution in [1.29, 1.82) is 0 Å². The van der Waals surface area contributed by atoms with Crippen molar-refractivity contribution in [2.45, 2.75) is 58.0 Å². The molecule has 2 N–H and O–H groups in total. The molecule has 1 saturated carbocycles. The van der Waals surface area contributed by atoms with Crippen LogP contribution in [0.15, 0.2) is 0 Å². The van der Waals surface area contributed by atoms with Crippen LogP contribution in [0.25, 0.3) is 0 Å². The molecule has 0 unspecified atom stereocenters. The Labute approximate surface area is 118 Å². The van der Waals surface area contributed by atoms with Gasteiger partial charge in [0.25, 0.3) is 0 Å². The number of hydrogen-bond acceptors (Lipinski definition) is 3. The molecule has 0 aromatic heterocycles. The summed E-state index contributed by atoms with van der Waals surface area (Å²) in [5.41, 5.74) is 5.49. The molecular weight excluding hydrogens is 236 g/mol. The van der Waals surface area contributed by atoms with E-state index in [2.05, 4.69) is 11.8 Å². The number of likely N-dealkylation sites (tertiary alicyclic amines) is 1. The van der Waals surface area contributed by atoms with Gasteiger partial charge in [0.05, 0.1) is 6.10 Å². The van der Waals surface area contributed by atoms with E-state index in [-0.39, 0.29) is 0 Å². The molecule has 2 rings (SSSR count). The second kappa shape index (κ2) is 8.23. The molecule has 1 heterocycles. The fourth-order valence-corrected chi connectivity index (χ4v) is 3.47. The fraction of sp³-hybridized carbons (Fsp3) is 1.00. The van der Waals surface area contributed by atoms with Gasteiger partial charge in [-0.15, -0.1) is 0 Å². The average molecular weight is 268 g/mol. The monoisotopic (exact) mass is 268 g/mol. The van der Waals surface area contributed by atoms with Gasteiger partial charge in [0.1, 0.15) is 0 Å². The van der Waals surface area contributed by atoms with Crippen LogP contribution in [0.4, 0.5) is 0 Å². The molecule has 0 spiro atoms. The van der Waals surface area contributed by atoms with Gasteiger partial charge in [0, 0.05) is 26.2 Å². The largest absolute Gasteiger partial charge is 0.378 e. The standard InChI is InChI=1S/C16H32N2O/c1-14-3-5-15(6-4-14)13-18-10-7-16(8-11-18)19-12-2-9-17/h14-16H,2-13,17H2,1H3. The molecule has 0 aromatic rings. The quantitative estimate of drug-likeness (QED) is 0.753. The Morgan fingerprint density at radius 2 is 1.74 bits per heavy atom. The lowest BCUT2D eigenvalue weighted by Crippen LogP contribution is -2.40. The molecule has 2 fully saturated rings. The maximum absolute atomic E-state index is 5.87. The zero-order valence-corrected chi connectivity index (χ0v) is 12.7. The molecule has 112 valence electrons. The topological polar surface area (TPSA) is 38.5 Å². The lowest BCUT2D eigenvalue weighted by Gasteiger charge is -2.36. The molecule has 19 heavy (non-hydrogen) atoms. The van der Waals surface area contributed by atoms with E-state index in [0.29, 0.717) is 6.10 Å². The second-order valence-corrected chi connectivity index (χ2v) is 6.64. The lowest BCUT2D eigenvalue weighted by atomic mass is 9.82. The van der Waals surface area contributed by atoms with Crippen LogP contribution >= 0.6 is 0 Å². The third kappa shape index (κ3) is 5.41. The first kappa shape index (κ1) is 15.3. The smallest absolute Gasteiger partial charge is 0.0599 e. The van der Waals surface area contributed by atoms with Gasteiger partial charge in [-0.2, -0.15) is 0 Å². The summed E-state index contributed by atoms with van der Waals surface area (Å²) in [6, 6.07) is 0. The van der Waals surface area contributed by atoms with Crippen LogP contribution in [0.1, 0.15) is 51.9 Å². The highest BCUT2D eigenvalue weighted by molar-refractivity contribution is 4.77. The second-order valence-electron chi connectivity index (χ2n) is 6.64. The fourth-order valence-electron chi connectivity index (χ4n) is 3.47. The zero-order chi connectivity index (χ0) is 13.5. The van der Waals surface area contributed by atoms with E-state index >= 15 is 0 Å². The van der Waals surface area contributed by atoms with E-state index in [1.807, 2.05) is 0 Å². The van der Waals surface area contributed by atoms with E-state index in [4.69, 9.17) is 10.5 Å². The van der Waals surface area contributed by atoms with Crippen molar-refractivity contribution in [2.24, 2.45) is 17.6 Å². The van der Waals surface area contributed by atoms with E-state index < -0.39 is 0 Å².